The number of anilines is 2. The van der Waals surface area contributed by atoms with Crippen molar-refractivity contribution in [3.05, 3.63) is 157 Å². The minimum absolute atomic E-state index is 0.336. The zero-order valence-electron chi connectivity index (χ0n) is 22.5. The van der Waals surface area contributed by atoms with Crippen molar-refractivity contribution in [2.24, 2.45) is 0 Å². The summed E-state index contributed by atoms with van der Waals surface area (Å²) in [4.78, 5) is 26.8. The Bertz CT molecular complexity index is 1730. The predicted octanol–water partition coefficient (Wildman–Crippen LogP) is 8.93. The van der Waals surface area contributed by atoms with Crippen LogP contribution < -0.4 is 20.1 Å². The molecule has 0 aliphatic carbocycles. The van der Waals surface area contributed by atoms with E-state index in [1.54, 1.807) is 48.5 Å². The molecule has 0 spiro atoms. The second kappa shape index (κ2) is 12.1. The van der Waals surface area contributed by atoms with Gasteiger partial charge in [-0.2, -0.15) is 0 Å². The molecule has 0 bridgehead atoms. The molecular formula is C36H26N2O4. The van der Waals surface area contributed by atoms with E-state index in [-0.39, 0.29) is 11.8 Å². The minimum atomic E-state index is -0.336. The van der Waals surface area contributed by atoms with E-state index in [2.05, 4.69) is 10.6 Å². The van der Waals surface area contributed by atoms with Crippen LogP contribution in [0.1, 0.15) is 20.7 Å². The van der Waals surface area contributed by atoms with E-state index in [1.807, 2.05) is 97.1 Å². The fourth-order valence-electron chi connectivity index (χ4n) is 4.49. The van der Waals surface area contributed by atoms with Crippen LogP contribution in [0.25, 0.3) is 10.8 Å². The Morgan fingerprint density at radius 1 is 0.405 bits per heavy atom. The summed E-state index contributed by atoms with van der Waals surface area (Å²) in [5, 5.41) is 7.80. The fraction of sp³-hybridized carbons (Fsp3) is 0. The maximum atomic E-state index is 13.4. The van der Waals surface area contributed by atoms with Crippen LogP contribution in [-0.4, -0.2) is 11.8 Å². The quantitative estimate of drug-likeness (QED) is 0.198. The van der Waals surface area contributed by atoms with Gasteiger partial charge < -0.3 is 20.1 Å². The van der Waals surface area contributed by atoms with Gasteiger partial charge >= 0.3 is 0 Å². The molecule has 6 nitrogen and oxygen atoms in total. The molecule has 2 amide bonds. The highest BCUT2D eigenvalue weighted by Gasteiger charge is 2.15. The molecule has 0 atom stereocenters. The van der Waals surface area contributed by atoms with Crippen molar-refractivity contribution in [1.29, 1.82) is 0 Å². The number of hydrogen-bond donors (Lipinski definition) is 2. The summed E-state index contributed by atoms with van der Waals surface area (Å²) >= 11 is 0. The summed E-state index contributed by atoms with van der Waals surface area (Å²) in [6.07, 6.45) is 0. The van der Waals surface area contributed by atoms with E-state index in [0.29, 0.717) is 45.5 Å². The maximum absolute atomic E-state index is 13.4. The number of amides is 2. The van der Waals surface area contributed by atoms with Crippen LogP contribution in [0.15, 0.2) is 146 Å². The summed E-state index contributed by atoms with van der Waals surface area (Å²) in [5.74, 6) is 1.76. The summed E-state index contributed by atoms with van der Waals surface area (Å²) in [7, 11) is 0. The van der Waals surface area contributed by atoms with Gasteiger partial charge in [0.1, 0.15) is 23.0 Å². The average Bonchev–Trinajstić information content (AvgIpc) is 3.02. The highest BCUT2D eigenvalue weighted by atomic mass is 16.5. The summed E-state index contributed by atoms with van der Waals surface area (Å²) < 4.78 is 11.8. The molecule has 0 radical (unpaired) electrons. The molecule has 2 N–H and O–H groups in total. The number of carbonyl (C=O) groups is 2. The zero-order valence-corrected chi connectivity index (χ0v) is 22.5. The van der Waals surface area contributed by atoms with Crippen LogP contribution in [0, 0.1) is 0 Å². The number of carbonyl (C=O) groups excluding carboxylic acids is 2. The first-order valence-electron chi connectivity index (χ1n) is 13.4. The van der Waals surface area contributed by atoms with Crippen molar-refractivity contribution in [3.63, 3.8) is 0 Å². The van der Waals surface area contributed by atoms with Gasteiger partial charge in [0.25, 0.3) is 11.8 Å². The number of benzene rings is 6. The first-order valence-corrected chi connectivity index (χ1v) is 13.4. The summed E-state index contributed by atoms with van der Waals surface area (Å²) in [6, 6.07) is 44.1. The summed E-state index contributed by atoms with van der Waals surface area (Å²) in [6.45, 7) is 0. The molecule has 0 saturated heterocycles. The second-order valence-electron chi connectivity index (χ2n) is 9.54. The molecule has 42 heavy (non-hydrogen) atoms. The van der Waals surface area contributed by atoms with Gasteiger partial charge in [-0.15, -0.1) is 0 Å². The summed E-state index contributed by atoms with van der Waals surface area (Å²) in [5.41, 5.74) is 1.77. The van der Waals surface area contributed by atoms with Gasteiger partial charge in [-0.05, 0) is 83.6 Å². The predicted molar refractivity (Wildman–Crippen MR) is 166 cm³/mol. The third-order valence-corrected chi connectivity index (χ3v) is 6.53. The van der Waals surface area contributed by atoms with Gasteiger partial charge in [0.15, 0.2) is 0 Å². The van der Waals surface area contributed by atoms with Gasteiger partial charge in [0.05, 0.1) is 11.4 Å². The number of hydrogen-bond acceptors (Lipinski definition) is 4. The Morgan fingerprint density at radius 2 is 0.786 bits per heavy atom. The number of fused-ring (bicyclic) bond motifs is 1. The first-order chi connectivity index (χ1) is 20.6. The minimum Gasteiger partial charge on any atom is -0.457 e. The van der Waals surface area contributed by atoms with Gasteiger partial charge in [0, 0.05) is 11.1 Å². The average molecular weight is 551 g/mol. The first kappa shape index (κ1) is 26.3. The van der Waals surface area contributed by atoms with Gasteiger partial charge in [-0.25, -0.2) is 0 Å². The molecule has 6 aromatic rings. The lowest BCUT2D eigenvalue weighted by Crippen LogP contribution is -2.17. The van der Waals surface area contributed by atoms with Crippen molar-refractivity contribution in [2.45, 2.75) is 0 Å². The number of para-hydroxylation sites is 2. The SMILES string of the molecule is O=C(Nc1cc2ccccc2cc1NC(=O)c1cccc(Oc2ccccc2)c1)c1cccc(Oc2ccccc2)c1. The highest BCUT2D eigenvalue weighted by Crippen LogP contribution is 2.31. The lowest BCUT2D eigenvalue weighted by Gasteiger charge is -2.15. The van der Waals surface area contributed by atoms with Crippen LogP contribution in [-0.2, 0) is 0 Å². The Balaban J connectivity index is 1.25. The number of rotatable bonds is 8. The van der Waals surface area contributed by atoms with Crippen molar-refractivity contribution >= 4 is 34.0 Å². The monoisotopic (exact) mass is 550 g/mol. The molecule has 0 fully saturated rings. The van der Waals surface area contributed by atoms with E-state index in [9.17, 15) is 9.59 Å². The molecule has 6 rings (SSSR count). The fourth-order valence-corrected chi connectivity index (χ4v) is 4.49. The lowest BCUT2D eigenvalue weighted by molar-refractivity contribution is 0.101. The van der Waals surface area contributed by atoms with E-state index in [0.717, 1.165) is 10.8 Å². The molecule has 204 valence electrons. The number of nitrogens with one attached hydrogen (secondary N) is 2. The van der Waals surface area contributed by atoms with E-state index < -0.39 is 0 Å². The van der Waals surface area contributed by atoms with Crippen molar-refractivity contribution in [3.8, 4) is 23.0 Å². The number of ether oxygens (including phenoxy) is 2. The van der Waals surface area contributed by atoms with Crippen LogP contribution in [0.4, 0.5) is 11.4 Å². The Hall–Kier alpha value is -5.88. The van der Waals surface area contributed by atoms with Crippen LogP contribution in [0.2, 0.25) is 0 Å². The van der Waals surface area contributed by atoms with Gasteiger partial charge in [-0.3, -0.25) is 9.59 Å². The molecule has 0 aliphatic heterocycles. The topological polar surface area (TPSA) is 76.7 Å². The zero-order chi connectivity index (χ0) is 28.7. The second-order valence-corrected chi connectivity index (χ2v) is 9.54. The van der Waals surface area contributed by atoms with Crippen molar-refractivity contribution in [2.75, 3.05) is 10.6 Å². The Kier molecular flexibility index (Phi) is 7.59. The molecule has 0 aliphatic rings. The highest BCUT2D eigenvalue weighted by molar-refractivity contribution is 6.12. The van der Waals surface area contributed by atoms with Crippen molar-refractivity contribution < 1.29 is 19.1 Å². The Morgan fingerprint density at radius 3 is 1.21 bits per heavy atom. The molecule has 0 aromatic heterocycles. The lowest BCUT2D eigenvalue weighted by atomic mass is 10.1. The van der Waals surface area contributed by atoms with E-state index >= 15 is 0 Å². The normalized spacial score (nSPS) is 10.6. The Labute approximate surface area is 243 Å². The van der Waals surface area contributed by atoms with E-state index in [1.165, 1.54) is 0 Å². The molecule has 0 saturated carbocycles. The smallest absolute Gasteiger partial charge is 0.255 e. The molecule has 0 unspecified atom stereocenters. The van der Waals surface area contributed by atoms with Crippen LogP contribution in [0.3, 0.4) is 0 Å². The largest absolute Gasteiger partial charge is 0.457 e. The third kappa shape index (κ3) is 6.29. The molecule has 6 heteroatoms. The standard InChI is InChI=1S/C36H26N2O4/c39-35(27-13-9-19-31(21-27)41-29-15-3-1-4-16-29)37-33-23-25-11-7-8-12-26(25)24-34(33)38-36(40)28-14-10-20-32(22-28)42-30-17-5-2-6-18-30/h1-24H,(H,37,39)(H,38,40). The molecular weight excluding hydrogens is 524 g/mol. The van der Waals surface area contributed by atoms with Crippen LogP contribution >= 0.6 is 0 Å². The maximum Gasteiger partial charge on any atom is 0.255 e. The van der Waals surface area contributed by atoms with Crippen LogP contribution in [0.5, 0.6) is 23.0 Å². The van der Waals surface area contributed by atoms with Gasteiger partial charge in [0.2, 0.25) is 0 Å². The third-order valence-electron chi connectivity index (χ3n) is 6.53. The van der Waals surface area contributed by atoms with Gasteiger partial charge in [-0.1, -0.05) is 72.8 Å². The molecule has 6 aromatic carbocycles. The van der Waals surface area contributed by atoms with E-state index in [4.69, 9.17) is 9.47 Å². The molecule has 0 heterocycles. The van der Waals surface area contributed by atoms with Crippen molar-refractivity contribution in [1.82, 2.24) is 0 Å².